The lowest BCUT2D eigenvalue weighted by atomic mass is 10.0. The predicted octanol–water partition coefficient (Wildman–Crippen LogP) is -5.80. The highest BCUT2D eigenvalue weighted by molar-refractivity contribution is 5.74. The van der Waals surface area contributed by atoms with E-state index in [0.717, 1.165) is 9.80 Å². The van der Waals surface area contributed by atoms with Gasteiger partial charge in [0.05, 0.1) is 29.9 Å². The third-order valence-electron chi connectivity index (χ3n) is 3.73. The average molecular weight is 378 g/mol. The molecule has 0 bridgehead atoms. The Morgan fingerprint density at radius 1 is 0.778 bits per heavy atom. The molecular weight excluding hydrogens is 360 g/mol. The highest BCUT2D eigenvalue weighted by atomic mass is 16.4. The van der Waals surface area contributed by atoms with Gasteiger partial charge in [0.15, 0.2) is 0 Å². The fourth-order valence-electron chi connectivity index (χ4n) is 2.56. The average Bonchev–Trinajstić information content (AvgIpc) is 2.55. The van der Waals surface area contributed by atoms with Crippen LogP contribution in [0.2, 0.25) is 0 Å². The summed E-state index contributed by atoms with van der Waals surface area (Å²) in [6.45, 7) is -2.71. The molecule has 0 N–H and O–H groups in total. The molecule has 10 heteroatoms. The number of carboxylic acid groups (broad SMARTS) is 4. The van der Waals surface area contributed by atoms with Gasteiger partial charge in [-0.2, -0.15) is 0 Å². The molecule has 0 radical (unpaired) electrons. The molecule has 0 saturated carbocycles. The minimum atomic E-state index is -1.54. The van der Waals surface area contributed by atoms with E-state index in [1.807, 2.05) is 0 Å². The number of hydrogen-bond acceptors (Lipinski definition) is 10. The summed E-state index contributed by atoms with van der Waals surface area (Å²) in [7, 11) is 0. The summed E-state index contributed by atoms with van der Waals surface area (Å²) < 4.78 is 0. The molecule has 0 aliphatic carbocycles. The van der Waals surface area contributed by atoms with Crippen molar-refractivity contribution in [3.05, 3.63) is 35.9 Å². The number of benzene rings is 1. The third-order valence-corrected chi connectivity index (χ3v) is 3.73. The lowest BCUT2D eigenvalue weighted by Gasteiger charge is -2.35. The Kier molecular flexibility index (Phi) is 8.90. The number of carbonyl (C=O) groups excluding carboxylic acids is 4. The van der Waals surface area contributed by atoms with Crippen molar-refractivity contribution >= 4 is 23.9 Å². The van der Waals surface area contributed by atoms with Gasteiger partial charge < -0.3 is 39.6 Å². The van der Waals surface area contributed by atoms with E-state index in [-0.39, 0.29) is 19.5 Å². The van der Waals surface area contributed by atoms with Crippen LogP contribution >= 0.6 is 0 Å². The molecule has 148 valence electrons. The second kappa shape index (κ2) is 10.9. The molecule has 0 saturated heterocycles. The molecule has 0 aliphatic rings. The second-order valence-electron chi connectivity index (χ2n) is 5.82. The van der Waals surface area contributed by atoms with Crippen LogP contribution in [0.5, 0.6) is 0 Å². The first-order chi connectivity index (χ1) is 12.7. The van der Waals surface area contributed by atoms with Crippen LogP contribution in [0.4, 0.5) is 0 Å². The summed E-state index contributed by atoms with van der Waals surface area (Å²) in [5, 5.41) is 44.0. The van der Waals surface area contributed by atoms with Gasteiger partial charge in [-0.15, -0.1) is 0 Å². The van der Waals surface area contributed by atoms with E-state index in [0.29, 0.717) is 5.56 Å². The molecule has 0 aromatic heterocycles. The summed E-state index contributed by atoms with van der Waals surface area (Å²) >= 11 is 0. The minimum absolute atomic E-state index is 0.0581. The van der Waals surface area contributed by atoms with Crippen LogP contribution in [0, 0.1) is 0 Å². The predicted molar refractivity (Wildman–Crippen MR) is 82.0 cm³/mol. The Labute approximate surface area is 155 Å². The van der Waals surface area contributed by atoms with E-state index >= 15 is 0 Å². The van der Waals surface area contributed by atoms with Crippen molar-refractivity contribution in [2.45, 2.75) is 12.5 Å². The number of rotatable bonds is 13. The number of carbonyl (C=O) groups is 4. The van der Waals surface area contributed by atoms with Gasteiger partial charge in [0.25, 0.3) is 0 Å². The maximum Gasteiger partial charge on any atom is 0.0590 e. The lowest BCUT2D eigenvalue weighted by Crippen LogP contribution is -2.55. The molecule has 0 amide bonds. The van der Waals surface area contributed by atoms with Crippen molar-refractivity contribution in [3.63, 3.8) is 0 Å². The summed E-state index contributed by atoms with van der Waals surface area (Å²) in [6, 6.07) is 7.09. The van der Waals surface area contributed by atoms with Crippen LogP contribution in [-0.4, -0.2) is 72.4 Å². The zero-order valence-electron chi connectivity index (χ0n) is 14.4. The maximum atomic E-state index is 11.5. The van der Waals surface area contributed by atoms with Gasteiger partial charge in [0, 0.05) is 32.7 Å². The summed E-state index contributed by atoms with van der Waals surface area (Å²) in [5.41, 5.74) is 0.622. The van der Waals surface area contributed by atoms with Gasteiger partial charge in [-0.25, -0.2) is 0 Å². The van der Waals surface area contributed by atoms with E-state index in [1.165, 1.54) is 0 Å². The Morgan fingerprint density at radius 2 is 1.30 bits per heavy atom. The first-order valence-corrected chi connectivity index (χ1v) is 7.99. The summed E-state index contributed by atoms with van der Waals surface area (Å²) in [6.07, 6.45) is -0.0581. The monoisotopic (exact) mass is 378 g/mol. The zero-order valence-corrected chi connectivity index (χ0v) is 14.4. The van der Waals surface area contributed by atoms with Gasteiger partial charge in [-0.1, -0.05) is 30.3 Å². The van der Waals surface area contributed by atoms with Crippen LogP contribution in [0.25, 0.3) is 0 Å². The smallest absolute Gasteiger partial charge is 0.0590 e. The highest BCUT2D eigenvalue weighted by Crippen LogP contribution is 2.09. The normalized spacial score (nSPS) is 12.1. The fraction of sp³-hybridized carbons (Fsp3) is 0.412. The Bertz CT molecular complexity index is 648. The van der Waals surface area contributed by atoms with Gasteiger partial charge in [0.1, 0.15) is 0 Å². The number of carboxylic acids is 4. The molecule has 0 aliphatic heterocycles. The van der Waals surface area contributed by atoms with Gasteiger partial charge >= 0.3 is 0 Å². The van der Waals surface area contributed by atoms with Gasteiger partial charge in [-0.05, 0) is 12.0 Å². The standard InChI is InChI=1S/C17H22N2O8/c20-14(21)9-18(10-15(22)23)6-7-19(11-16(24)25)13(17(26)27)8-12-4-2-1-3-5-12/h1-5,13H,6-11H2,(H,20,21)(H,22,23)(H,24,25)(H,26,27)/p-4. The molecular formula is C17H18N2O8-4. The maximum absolute atomic E-state index is 11.5. The zero-order chi connectivity index (χ0) is 20.4. The molecule has 1 rings (SSSR count). The fourth-order valence-corrected chi connectivity index (χ4v) is 2.56. The lowest BCUT2D eigenvalue weighted by molar-refractivity contribution is -0.317. The first-order valence-electron chi connectivity index (χ1n) is 7.99. The van der Waals surface area contributed by atoms with Crippen LogP contribution in [0.3, 0.4) is 0 Å². The molecule has 1 unspecified atom stereocenters. The third kappa shape index (κ3) is 8.79. The van der Waals surface area contributed by atoms with E-state index in [9.17, 15) is 39.6 Å². The van der Waals surface area contributed by atoms with Crippen LogP contribution in [0.15, 0.2) is 30.3 Å². The Morgan fingerprint density at radius 3 is 1.74 bits per heavy atom. The second-order valence-corrected chi connectivity index (χ2v) is 5.82. The van der Waals surface area contributed by atoms with Crippen LogP contribution in [-0.2, 0) is 25.6 Å². The van der Waals surface area contributed by atoms with Crippen LogP contribution in [0.1, 0.15) is 5.56 Å². The van der Waals surface area contributed by atoms with E-state index in [4.69, 9.17) is 0 Å². The molecule has 1 aromatic rings. The molecule has 0 fully saturated rings. The van der Waals surface area contributed by atoms with Gasteiger partial charge in [0.2, 0.25) is 0 Å². The van der Waals surface area contributed by atoms with Crippen molar-refractivity contribution in [1.82, 2.24) is 9.80 Å². The van der Waals surface area contributed by atoms with Crippen molar-refractivity contribution in [2.75, 3.05) is 32.7 Å². The first kappa shape index (κ1) is 22.1. The minimum Gasteiger partial charge on any atom is -0.549 e. The van der Waals surface area contributed by atoms with Crippen molar-refractivity contribution in [1.29, 1.82) is 0 Å². The largest absolute Gasteiger partial charge is 0.549 e. The summed E-state index contributed by atoms with van der Waals surface area (Å²) in [4.78, 5) is 45.9. The number of nitrogens with zero attached hydrogens (tertiary/aromatic N) is 2. The van der Waals surface area contributed by atoms with Crippen molar-refractivity contribution in [3.8, 4) is 0 Å². The van der Waals surface area contributed by atoms with Gasteiger partial charge in [-0.3, -0.25) is 9.80 Å². The van der Waals surface area contributed by atoms with E-state index in [2.05, 4.69) is 0 Å². The molecule has 0 spiro atoms. The number of aliphatic carboxylic acids is 4. The Balaban J connectivity index is 2.92. The van der Waals surface area contributed by atoms with Crippen molar-refractivity contribution in [2.24, 2.45) is 0 Å². The highest BCUT2D eigenvalue weighted by Gasteiger charge is 2.21. The van der Waals surface area contributed by atoms with E-state index < -0.39 is 49.6 Å². The summed E-state index contributed by atoms with van der Waals surface area (Å²) in [5.74, 6) is -6.14. The SMILES string of the molecule is O=C([O-])CN(CCN(CC(=O)[O-])C(Cc1ccccc1)C(=O)[O-])CC(=O)[O-]. The molecule has 27 heavy (non-hydrogen) atoms. The molecule has 10 nitrogen and oxygen atoms in total. The molecule has 1 aromatic carbocycles. The quantitative estimate of drug-likeness (QED) is 0.322. The van der Waals surface area contributed by atoms with Crippen molar-refractivity contribution < 1.29 is 39.6 Å². The van der Waals surface area contributed by atoms with Crippen LogP contribution < -0.4 is 20.4 Å². The molecule has 0 heterocycles. The molecule has 1 atom stereocenters. The number of hydrogen-bond donors (Lipinski definition) is 0. The van der Waals surface area contributed by atoms with E-state index in [1.54, 1.807) is 30.3 Å². The topological polar surface area (TPSA) is 167 Å². The Hall–Kier alpha value is -2.98.